The van der Waals surface area contributed by atoms with E-state index in [-0.39, 0.29) is 12.1 Å². The zero-order chi connectivity index (χ0) is 14.7. The molecule has 0 spiro atoms. The summed E-state index contributed by atoms with van der Waals surface area (Å²) in [4.78, 5) is 27.3. The highest BCUT2D eigenvalue weighted by molar-refractivity contribution is 5.83. The Balaban J connectivity index is 2.22. The van der Waals surface area contributed by atoms with Crippen molar-refractivity contribution in [2.45, 2.75) is 50.6 Å². The number of rotatable bonds is 3. The molecule has 0 aromatic rings. The van der Waals surface area contributed by atoms with Gasteiger partial charge in [-0.25, -0.2) is 9.59 Å². The summed E-state index contributed by atoms with van der Waals surface area (Å²) < 4.78 is 0. The number of carboxylic acid groups (broad SMARTS) is 1. The van der Waals surface area contributed by atoms with Crippen molar-refractivity contribution in [3.8, 4) is 0 Å². The van der Waals surface area contributed by atoms with E-state index in [0.717, 1.165) is 25.7 Å². The van der Waals surface area contributed by atoms with Gasteiger partial charge in [-0.2, -0.15) is 0 Å². The lowest BCUT2D eigenvalue weighted by Crippen LogP contribution is -2.60. The average Bonchev–Trinajstić information content (AvgIpc) is 2.45. The minimum Gasteiger partial charge on any atom is -0.480 e. The molecular weight excluding hydrogens is 256 g/mol. The number of carboxylic acids is 1. The topological polar surface area (TPSA) is 60.9 Å². The van der Waals surface area contributed by atoms with Crippen LogP contribution in [0.3, 0.4) is 0 Å². The van der Waals surface area contributed by atoms with Crippen LogP contribution in [0.2, 0.25) is 0 Å². The molecule has 1 saturated carbocycles. The van der Waals surface area contributed by atoms with Crippen molar-refractivity contribution in [3.63, 3.8) is 0 Å². The van der Waals surface area contributed by atoms with Crippen molar-refractivity contribution in [2.75, 3.05) is 13.6 Å². The standard InChI is InChI=1S/C15H24N2O3/c1-3-10-16(2)15(20)17-12-7-5-4-6-11(12)8-9-13(17)14(18)19/h3,11-13H,1,4-10H2,2H3,(H,18,19). The molecule has 112 valence electrons. The van der Waals surface area contributed by atoms with E-state index >= 15 is 0 Å². The van der Waals surface area contributed by atoms with E-state index in [1.54, 1.807) is 22.9 Å². The highest BCUT2D eigenvalue weighted by atomic mass is 16.4. The maximum Gasteiger partial charge on any atom is 0.326 e. The Kier molecular flexibility index (Phi) is 4.68. The van der Waals surface area contributed by atoms with E-state index in [2.05, 4.69) is 6.58 Å². The second-order valence-corrected chi connectivity index (χ2v) is 5.90. The average molecular weight is 280 g/mol. The summed E-state index contributed by atoms with van der Waals surface area (Å²) in [6.45, 7) is 4.08. The summed E-state index contributed by atoms with van der Waals surface area (Å²) in [6, 6.07) is -0.749. The molecule has 2 rings (SSSR count). The third kappa shape index (κ3) is 2.81. The van der Waals surface area contributed by atoms with Gasteiger partial charge in [0.25, 0.3) is 0 Å². The minimum absolute atomic E-state index is 0.0957. The summed E-state index contributed by atoms with van der Waals surface area (Å²) in [7, 11) is 1.70. The fraction of sp³-hybridized carbons (Fsp3) is 0.733. The van der Waals surface area contributed by atoms with Crippen LogP contribution in [0.4, 0.5) is 4.79 Å². The normalized spacial score (nSPS) is 29.4. The number of piperidine rings is 1. The molecule has 1 N–H and O–H groups in total. The molecule has 5 heteroatoms. The number of amides is 2. The number of likely N-dealkylation sites (N-methyl/N-ethyl adjacent to an activating group) is 1. The third-order valence-electron chi connectivity index (χ3n) is 4.61. The molecule has 0 aromatic heterocycles. The summed E-state index contributed by atoms with van der Waals surface area (Å²) >= 11 is 0. The lowest BCUT2D eigenvalue weighted by Gasteiger charge is -2.48. The molecule has 0 radical (unpaired) electrons. The van der Waals surface area contributed by atoms with E-state index < -0.39 is 12.0 Å². The van der Waals surface area contributed by atoms with Crippen LogP contribution in [0.5, 0.6) is 0 Å². The van der Waals surface area contributed by atoms with Gasteiger partial charge in [-0.05, 0) is 31.6 Å². The molecule has 5 nitrogen and oxygen atoms in total. The SMILES string of the molecule is C=CCN(C)C(=O)N1C(C(=O)O)CCC2CCCCC21. The summed E-state index contributed by atoms with van der Waals surface area (Å²) in [5, 5.41) is 9.43. The zero-order valence-corrected chi connectivity index (χ0v) is 12.1. The quantitative estimate of drug-likeness (QED) is 0.807. The predicted octanol–water partition coefficient (Wildman–Crippen LogP) is 2.33. The van der Waals surface area contributed by atoms with E-state index in [1.807, 2.05) is 0 Å². The van der Waals surface area contributed by atoms with Crippen LogP contribution in [-0.4, -0.2) is 52.6 Å². The molecule has 1 aliphatic carbocycles. The Labute approximate surface area is 120 Å². The fourth-order valence-electron chi connectivity index (χ4n) is 3.62. The van der Waals surface area contributed by atoms with Crippen LogP contribution >= 0.6 is 0 Å². The van der Waals surface area contributed by atoms with Crippen LogP contribution in [-0.2, 0) is 4.79 Å². The van der Waals surface area contributed by atoms with Gasteiger partial charge in [0.15, 0.2) is 0 Å². The van der Waals surface area contributed by atoms with E-state index in [0.29, 0.717) is 18.9 Å². The monoisotopic (exact) mass is 280 g/mol. The Morgan fingerprint density at radius 1 is 1.30 bits per heavy atom. The smallest absolute Gasteiger partial charge is 0.326 e. The molecule has 2 aliphatic rings. The van der Waals surface area contributed by atoms with E-state index in [9.17, 15) is 14.7 Å². The molecule has 3 atom stereocenters. The van der Waals surface area contributed by atoms with Crippen molar-refractivity contribution in [1.29, 1.82) is 0 Å². The first-order valence-corrected chi connectivity index (χ1v) is 7.43. The van der Waals surface area contributed by atoms with Crippen LogP contribution in [0, 0.1) is 5.92 Å². The molecule has 2 fully saturated rings. The van der Waals surface area contributed by atoms with Crippen LogP contribution in [0.15, 0.2) is 12.7 Å². The van der Waals surface area contributed by atoms with Crippen molar-refractivity contribution < 1.29 is 14.7 Å². The number of fused-ring (bicyclic) bond motifs is 1. The van der Waals surface area contributed by atoms with Gasteiger partial charge >= 0.3 is 12.0 Å². The van der Waals surface area contributed by atoms with Crippen molar-refractivity contribution in [2.24, 2.45) is 5.92 Å². The number of nitrogens with zero attached hydrogens (tertiary/aromatic N) is 2. The maximum atomic E-state index is 12.6. The van der Waals surface area contributed by atoms with Crippen LogP contribution in [0.25, 0.3) is 0 Å². The molecule has 1 heterocycles. The zero-order valence-electron chi connectivity index (χ0n) is 12.1. The molecule has 0 bridgehead atoms. The van der Waals surface area contributed by atoms with Crippen LogP contribution < -0.4 is 0 Å². The van der Waals surface area contributed by atoms with Crippen molar-refractivity contribution in [3.05, 3.63) is 12.7 Å². The first-order valence-electron chi connectivity index (χ1n) is 7.43. The summed E-state index contributed by atoms with van der Waals surface area (Å²) in [5.74, 6) is -0.408. The number of hydrogen-bond donors (Lipinski definition) is 1. The van der Waals surface area contributed by atoms with Gasteiger partial charge in [0.05, 0.1) is 0 Å². The Morgan fingerprint density at radius 3 is 2.65 bits per heavy atom. The van der Waals surface area contributed by atoms with Gasteiger partial charge in [0.2, 0.25) is 0 Å². The fourth-order valence-corrected chi connectivity index (χ4v) is 3.62. The van der Waals surface area contributed by atoms with Crippen LogP contribution in [0.1, 0.15) is 38.5 Å². The molecule has 0 aromatic carbocycles. The Hall–Kier alpha value is -1.52. The lowest BCUT2D eigenvalue weighted by molar-refractivity contribution is -0.146. The summed E-state index contributed by atoms with van der Waals surface area (Å²) in [6.07, 6.45) is 7.50. The maximum absolute atomic E-state index is 12.6. The largest absolute Gasteiger partial charge is 0.480 e. The van der Waals surface area contributed by atoms with Gasteiger partial charge in [-0.15, -0.1) is 6.58 Å². The number of carbonyl (C=O) groups excluding carboxylic acids is 1. The second-order valence-electron chi connectivity index (χ2n) is 5.90. The highest BCUT2D eigenvalue weighted by Gasteiger charge is 2.44. The molecule has 1 aliphatic heterocycles. The van der Waals surface area contributed by atoms with Gasteiger partial charge in [-0.1, -0.05) is 18.9 Å². The Bertz CT molecular complexity index is 397. The Morgan fingerprint density at radius 2 is 2.00 bits per heavy atom. The lowest BCUT2D eigenvalue weighted by atomic mass is 9.76. The molecule has 3 unspecified atom stereocenters. The summed E-state index contributed by atoms with van der Waals surface area (Å²) in [5.41, 5.74) is 0. The van der Waals surface area contributed by atoms with Crippen molar-refractivity contribution in [1.82, 2.24) is 9.80 Å². The number of carbonyl (C=O) groups is 2. The number of likely N-dealkylation sites (tertiary alicyclic amines) is 1. The predicted molar refractivity (Wildman–Crippen MR) is 76.5 cm³/mol. The molecule has 1 saturated heterocycles. The third-order valence-corrected chi connectivity index (χ3v) is 4.61. The van der Waals surface area contributed by atoms with E-state index in [4.69, 9.17) is 0 Å². The van der Waals surface area contributed by atoms with Gasteiger partial charge in [0.1, 0.15) is 6.04 Å². The number of aliphatic carboxylic acids is 1. The first kappa shape index (κ1) is 14.9. The second kappa shape index (κ2) is 6.29. The molecule has 20 heavy (non-hydrogen) atoms. The van der Waals surface area contributed by atoms with Gasteiger partial charge in [-0.3, -0.25) is 0 Å². The van der Waals surface area contributed by atoms with Gasteiger partial charge in [0, 0.05) is 19.6 Å². The minimum atomic E-state index is -0.880. The highest BCUT2D eigenvalue weighted by Crippen LogP contribution is 2.38. The molecule has 2 amide bonds. The molecular formula is C15H24N2O3. The van der Waals surface area contributed by atoms with E-state index in [1.165, 1.54) is 6.42 Å². The van der Waals surface area contributed by atoms with Crippen molar-refractivity contribution >= 4 is 12.0 Å². The first-order chi connectivity index (χ1) is 9.56. The van der Waals surface area contributed by atoms with Gasteiger partial charge < -0.3 is 14.9 Å². The number of hydrogen-bond acceptors (Lipinski definition) is 2. The number of urea groups is 1.